The van der Waals surface area contributed by atoms with Crippen LogP contribution in [0.1, 0.15) is 44.7 Å². The van der Waals surface area contributed by atoms with Crippen LogP contribution in [0.5, 0.6) is 5.75 Å². The third kappa shape index (κ3) is 5.65. The lowest BCUT2D eigenvalue weighted by Crippen LogP contribution is -2.75. The van der Waals surface area contributed by atoms with Crippen LogP contribution in [0.4, 0.5) is 4.79 Å². The van der Waals surface area contributed by atoms with Gasteiger partial charge in [-0.05, 0) is 63.4 Å². The van der Waals surface area contributed by atoms with E-state index in [0.717, 1.165) is 5.56 Å². The zero-order chi connectivity index (χ0) is 27.0. The number of carboxylic acid groups (broad SMARTS) is 1. The highest BCUT2D eigenvalue weighted by Crippen LogP contribution is 2.41. The van der Waals surface area contributed by atoms with Crippen LogP contribution in [0.3, 0.4) is 0 Å². The molecule has 2 aromatic rings. The Labute approximate surface area is 226 Å². The number of likely N-dealkylation sites (tertiary alicyclic amines) is 2. The van der Waals surface area contributed by atoms with Crippen molar-refractivity contribution in [1.29, 1.82) is 0 Å². The summed E-state index contributed by atoms with van der Waals surface area (Å²) in [5, 5.41) is 10.9. The van der Waals surface area contributed by atoms with E-state index in [1.54, 1.807) is 63.2 Å². The monoisotopic (exact) mass is 548 g/mol. The van der Waals surface area contributed by atoms with Gasteiger partial charge in [0.05, 0.1) is 6.54 Å². The SMILES string of the molecule is CC(C)(C)OC(=O)N1CCC[C@]12CN([C@@H](Cc1ccc(OCc3c(Cl)cccc3Cl)cc1)C(=O)O)C2=O. The van der Waals surface area contributed by atoms with Gasteiger partial charge in [0.25, 0.3) is 5.91 Å². The van der Waals surface area contributed by atoms with Gasteiger partial charge in [0.15, 0.2) is 0 Å². The molecular formula is C27H30Cl2N2O6. The number of β-lactam (4-membered cyclic amide) rings is 1. The summed E-state index contributed by atoms with van der Waals surface area (Å²) in [5.74, 6) is -0.872. The Hall–Kier alpha value is -2.97. The first-order chi connectivity index (χ1) is 17.4. The standard InChI is InChI=1S/C27H30Cl2N2O6/c1-26(2,3)37-25(35)31-13-5-12-27(31)16-30(24(27)34)22(23(32)33)14-17-8-10-18(11-9-17)36-15-19-20(28)6-4-7-21(19)29/h4,6-11,22H,5,12-16H2,1-3H3,(H,32,33)/t22-,27+/m0/s1. The fourth-order valence-corrected chi connectivity index (χ4v) is 5.31. The van der Waals surface area contributed by atoms with Crippen molar-refractivity contribution in [3.63, 3.8) is 0 Å². The molecule has 0 aromatic heterocycles. The van der Waals surface area contributed by atoms with Crippen LogP contribution < -0.4 is 4.74 Å². The molecule has 0 saturated carbocycles. The Morgan fingerprint density at radius 2 is 1.76 bits per heavy atom. The lowest BCUT2D eigenvalue weighted by molar-refractivity contribution is -0.171. The topological polar surface area (TPSA) is 96.4 Å². The Morgan fingerprint density at radius 3 is 2.32 bits per heavy atom. The van der Waals surface area contributed by atoms with Crippen LogP contribution >= 0.6 is 23.2 Å². The van der Waals surface area contributed by atoms with E-state index in [4.69, 9.17) is 32.7 Å². The highest BCUT2D eigenvalue weighted by atomic mass is 35.5. The molecule has 2 aromatic carbocycles. The molecule has 2 atom stereocenters. The number of rotatable bonds is 7. The third-order valence-electron chi connectivity index (χ3n) is 6.65. The van der Waals surface area contributed by atoms with E-state index in [2.05, 4.69) is 0 Å². The number of halogens is 2. The van der Waals surface area contributed by atoms with E-state index in [-0.39, 0.29) is 25.5 Å². The molecule has 1 N–H and O–H groups in total. The zero-order valence-electron chi connectivity index (χ0n) is 21.0. The molecule has 0 bridgehead atoms. The summed E-state index contributed by atoms with van der Waals surface area (Å²) in [7, 11) is 0. The average Bonchev–Trinajstić information content (AvgIpc) is 3.28. The van der Waals surface area contributed by atoms with Gasteiger partial charge in [-0.2, -0.15) is 0 Å². The van der Waals surface area contributed by atoms with Crippen molar-refractivity contribution in [3.8, 4) is 5.75 Å². The van der Waals surface area contributed by atoms with E-state index in [1.165, 1.54) is 9.80 Å². The van der Waals surface area contributed by atoms with Crippen molar-refractivity contribution in [2.24, 2.45) is 0 Å². The molecule has 2 aliphatic rings. The van der Waals surface area contributed by atoms with Crippen LogP contribution in [0.15, 0.2) is 42.5 Å². The lowest BCUT2D eigenvalue weighted by atomic mass is 9.83. The number of aliphatic carboxylic acids is 1. The number of benzene rings is 2. The van der Waals surface area contributed by atoms with Crippen molar-refractivity contribution in [3.05, 3.63) is 63.6 Å². The molecule has 2 aliphatic heterocycles. The van der Waals surface area contributed by atoms with Crippen molar-refractivity contribution in [2.45, 2.75) is 63.8 Å². The largest absolute Gasteiger partial charge is 0.489 e. The summed E-state index contributed by atoms with van der Waals surface area (Å²) >= 11 is 12.4. The molecule has 0 radical (unpaired) electrons. The third-order valence-corrected chi connectivity index (χ3v) is 7.36. The maximum Gasteiger partial charge on any atom is 0.411 e. The molecule has 10 heteroatoms. The van der Waals surface area contributed by atoms with Crippen LogP contribution in [0.25, 0.3) is 0 Å². The first kappa shape index (κ1) is 27.1. The van der Waals surface area contributed by atoms with Crippen molar-refractivity contribution >= 4 is 41.2 Å². The smallest absolute Gasteiger partial charge is 0.411 e. The zero-order valence-corrected chi connectivity index (χ0v) is 22.5. The molecular weight excluding hydrogens is 519 g/mol. The number of hydrogen-bond acceptors (Lipinski definition) is 5. The van der Waals surface area contributed by atoms with Crippen molar-refractivity contribution < 1.29 is 29.0 Å². The average molecular weight is 549 g/mol. The van der Waals surface area contributed by atoms with Crippen LogP contribution in [0.2, 0.25) is 10.0 Å². The Morgan fingerprint density at radius 1 is 1.11 bits per heavy atom. The molecule has 37 heavy (non-hydrogen) atoms. The minimum absolute atomic E-state index is 0.125. The van der Waals surface area contributed by atoms with Gasteiger partial charge < -0.3 is 19.5 Å². The minimum Gasteiger partial charge on any atom is -0.489 e. The molecule has 0 aliphatic carbocycles. The molecule has 8 nitrogen and oxygen atoms in total. The predicted molar refractivity (Wildman–Crippen MR) is 139 cm³/mol. The fraction of sp³-hybridized carbons (Fsp3) is 0.444. The van der Waals surface area contributed by atoms with E-state index in [0.29, 0.717) is 40.7 Å². The number of hydrogen-bond donors (Lipinski definition) is 1. The van der Waals surface area contributed by atoms with Gasteiger partial charge in [0.2, 0.25) is 0 Å². The number of carboxylic acids is 1. The highest BCUT2D eigenvalue weighted by Gasteiger charge is 2.62. The minimum atomic E-state index is -1.10. The fourth-order valence-electron chi connectivity index (χ4n) is 4.80. The van der Waals surface area contributed by atoms with Gasteiger partial charge in [-0.3, -0.25) is 9.69 Å². The molecule has 2 fully saturated rings. The quantitative estimate of drug-likeness (QED) is 0.479. The number of carbonyl (C=O) groups excluding carboxylic acids is 2. The summed E-state index contributed by atoms with van der Waals surface area (Å²) in [6, 6.07) is 11.2. The van der Waals surface area contributed by atoms with E-state index < -0.39 is 29.2 Å². The molecule has 2 heterocycles. The van der Waals surface area contributed by atoms with Crippen LogP contribution in [-0.2, 0) is 27.4 Å². The molecule has 0 unspecified atom stereocenters. The van der Waals surface area contributed by atoms with Gasteiger partial charge in [-0.15, -0.1) is 0 Å². The second-order valence-corrected chi connectivity index (χ2v) is 11.2. The van der Waals surface area contributed by atoms with Gasteiger partial charge in [-0.25, -0.2) is 9.59 Å². The van der Waals surface area contributed by atoms with E-state index in [9.17, 15) is 19.5 Å². The summed E-state index contributed by atoms with van der Waals surface area (Å²) in [5.41, 5.74) is -0.293. The van der Waals surface area contributed by atoms with E-state index >= 15 is 0 Å². The van der Waals surface area contributed by atoms with Crippen molar-refractivity contribution in [1.82, 2.24) is 9.80 Å². The maximum absolute atomic E-state index is 13.3. The summed E-state index contributed by atoms with van der Waals surface area (Å²) < 4.78 is 11.3. The second kappa shape index (κ2) is 10.4. The predicted octanol–water partition coefficient (Wildman–Crippen LogP) is 5.18. The first-order valence-corrected chi connectivity index (χ1v) is 12.9. The summed E-state index contributed by atoms with van der Waals surface area (Å²) in [4.78, 5) is 41.0. The number of nitrogens with zero attached hydrogens (tertiary/aromatic N) is 2. The molecule has 2 saturated heterocycles. The van der Waals surface area contributed by atoms with Crippen molar-refractivity contribution in [2.75, 3.05) is 13.1 Å². The van der Waals surface area contributed by atoms with E-state index in [1.807, 2.05) is 0 Å². The summed E-state index contributed by atoms with van der Waals surface area (Å²) in [6.45, 7) is 6.07. The highest BCUT2D eigenvalue weighted by molar-refractivity contribution is 6.35. The van der Waals surface area contributed by atoms with Gasteiger partial charge in [0, 0.05) is 28.6 Å². The van der Waals surface area contributed by atoms with Gasteiger partial charge >= 0.3 is 12.1 Å². The Kier molecular flexibility index (Phi) is 7.62. The lowest BCUT2D eigenvalue weighted by Gasteiger charge is -2.52. The second-order valence-electron chi connectivity index (χ2n) is 10.4. The number of amides is 2. The normalized spacial score (nSPS) is 20.1. The Bertz CT molecular complexity index is 1180. The van der Waals surface area contributed by atoms with Gasteiger partial charge in [-0.1, -0.05) is 41.4 Å². The van der Waals surface area contributed by atoms with Crippen LogP contribution in [0, 0.1) is 0 Å². The molecule has 4 rings (SSSR count). The van der Waals surface area contributed by atoms with Gasteiger partial charge in [0.1, 0.15) is 29.5 Å². The van der Waals surface area contributed by atoms with Crippen LogP contribution in [-0.4, -0.2) is 63.1 Å². The first-order valence-electron chi connectivity index (χ1n) is 12.1. The molecule has 1 spiro atoms. The number of ether oxygens (including phenoxy) is 2. The molecule has 2 amide bonds. The number of carbonyl (C=O) groups is 3. The Balaban J connectivity index is 1.40. The molecule has 198 valence electrons. The maximum atomic E-state index is 13.3. The summed E-state index contributed by atoms with van der Waals surface area (Å²) in [6.07, 6.45) is 0.742.